The molecule has 1 aliphatic heterocycles. The van der Waals surface area contributed by atoms with Crippen LogP contribution in [0.5, 0.6) is 0 Å². The Morgan fingerprint density at radius 3 is 1.47 bits per heavy atom. The van der Waals surface area contributed by atoms with Crippen molar-refractivity contribution in [3.63, 3.8) is 0 Å². The van der Waals surface area contributed by atoms with E-state index in [1.54, 1.807) is 0 Å². The van der Waals surface area contributed by atoms with E-state index in [1.807, 2.05) is 0 Å². The monoisotopic (exact) mass is 608 g/mol. The Labute approximate surface area is 273 Å². The lowest BCUT2D eigenvalue weighted by Gasteiger charge is -2.38. The number of aliphatic imine (C=N–C) groups is 1. The molecule has 3 aromatic rings. The van der Waals surface area contributed by atoms with Gasteiger partial charge in [-0.1, -0.05) is 57.2 Å². The van der Waals surface area contributed by atoms with Crippen LogP contribution in [-0.4, -0.2) is 45.2 Å². The minimum atomic E-state index is -0.718. The molecule has 5 rings (SSSR count). The van der Waals surface area contributed by atoms with Crippen LogP contribution >= 0.6 is 0 Å². The molecule has 5 nitrogen and oxygen atoms in total. The summed E-state index contributed by atoms with van der Waals surface area (Å²) in [6.45, 7) is 21.6. The van der Waals surface area contributed by atoms with Gasteiger partial charge < -0.3 is 19.4 Å². The summed E-state index contributed by atoms with van der Waals surface area (Å²) in [6.07, 6.45) is 8.37. The quantitative estimate of drug-likeness (QED) is 0.151. The zero-order chi connectivity index (χ0) is 32.0. The Morgan fingerprint density at radius 2 is 0.978 bits per heavy atom. The van der Waals surface area contributed by atoms with Gasteiger partial charge in [-0.3, -0.25) is 0 Å². The standard InChI is InChI=1S/C40H56N4O/c1-8-15-16-17-18-19-20-39-41-38-29-32(44(13-6)14-7)23-26-37(38)40(45-39)35-24-21-30(42(9-2)10-3)27-33(35)34-28-31(22-25-36(34)40)43(11-4)12-5/h21-29H,8-20H2,1-7H3. The van der Waals surface area contributed by atoms with E-state index in [1.165, 1.54) is 71.4 Å². The molecule has 0 bridgehead atoms. The maximum Gasteiger partial charge on any atom is 0.190 e. The Bertz CT molecular complexity index is 1400. The van der Waals surface area contributed by atoms with Gasteiger partial charge in [-0.25, -0.2) is 4.99 Å². The average Bonchev–Trinajstić information content (AvgIpc) is 3.33. The molecule has 0 amide bonds. The summed E-state index contributed by atoms with van der Waals surface area (Å²) in [5.74, 6) is 0.870. The van der Waals surface area contributed by atoms with Crippen LogP contribution < -0.4 is 14.7 Å². The van der Waals surface area contributed by atoms with E-state index in [0.29, 0.717) is 0 Å². The topological polar surface area (TPSA) is 31.3 Å². The van der Waals surface area contributed by atoms with Gasteiger partial charge in [0.1, 0.15) is 0 Å². The normalized spacial score (nSPS) is 14.0. The molecule has 0 aromatic heterocycles. The van der Waals surface area contributed by atoms with Gasteiger partial charge in [-0.2, -0.15) is 0 Å². The first kappa shape index (κ1) is 32.9. The number of anilines is 3. The number of nitrogens with zero attached hydrogens (tertiary/aromatic N) is 4. The Morgan fingerprint density at radius 1 is 0.533 bits per heavy atom. The lowest BCUT2D eigenvalue weighted by molar-refractivity contribution is 0.135. The Hall–Kier alpha value is -3.47. The van der Waals surface area contributed by atoms with Crippen molar-refractivity contribution in [2.75, 3.05) is 54.0 Å². The van der Waals surface area contributed by atoms with Crippen LogP contribution in [0.1, 0.15) is 110 Å². The second-order valence-electron chi connectivity index (χ2n) is 12.5. The Kier molecular flexibility index (Phi) is 10.8. The van der Waals surface area contributed by atoms with Crippen LogP contribution in [0.2, 0.25) is 0 Å². The van der Waals surface area contributed by atoms with Crippen LogP contribution in [-0.2, 0) is 10.3 Å². The molecule has 0 unspecified atom stereocenters. The molecule has 0 radical (unpaired) electrons. The summed E-state index contributed by atoms with van der Waals surface area (Å²) >= 11 is 0. The predicted molar refractivity (Wildman–Crippen MR) is 195 cm³/mol. The van der Waals surface area contributed by atoms with Gasteiger partial charge in [0.25, 0.3) is 0 Å². The molecule has 0 saturated carbocycles. The highest BCUT2D eigenvalue weighted by Crippen LogP contribution is 2.58. The Balaban J connectivity index is 1.69. The van der Waals surface area contributed by atoms with Crippen molar-refractivity contribution in [3.05, 3.63) is 71.3 Å². The van der Waals surface area contributed by atoms with Crippen molar-refractivity contribution in [3.8, 4) is 11.1 Å². The summed E-state index contributed by atoms with van der Waals surface area (Å²) in [6, 6.07) is 21.0. The minimum absolute atomic E-state index is 0.718. The molecule has 0 fully saturated rings. The van der Waals surface area contributed by atoms with E-state index in [0.717, 1.165) is 69.3 Å². The van der Waals surface area contributed by atoms with Crippen LogP contribution in [0.3, 0.4) is 0 Å². The number of hydrogen-bond donors (Lipinski definition) is 0. The second-order valence-corrected chi connectivity index (χ2v) is 12.5. The van der Waals surface area contributed by atoms with E-state index >= 15 is 0 Å². The fourth-order valence-corrected chi connectivity index (χ4v) is 7.49. The molecule has 3 aromatic carbocycles. The van der Waals surface area contributed by atoms with E-state index < -0.39 is 5.60 Å². The van der Waals surface area contributed by atoms with Gasteiger partial charge >= 0.3 is 0 Å². The summed E-state index contributed by atoms with van der Waals surface area (Å²) in [7, 11) is 0. The van der Waals surface area contributed by atoms with Crippen LogP contribution in [0.4, 0.5) is 22.7 Å². The highest BCUT2D eigenvalue weighted by molar-refractivity contribution is 5.92. The molecule has 0 N–H and O–H groups in total. The molecule has 1 aliphatic carbocycles. The molecule has 1 spiro atoms. The van der Waals surface area contributed by atoms with Crippen LogP contribution in [0, 0.1) is 0 Å². The van der Waals surface area contributed by atoms with Crippen molar-refractivity contribution in [2.24, 2.45) is 4.99 Å². The molecule has 242 valence electrons. The lowest BCUT2D eigenvalue weighted by atomic mass is 9.81. The van der Waals surface area contributed by atoms with Crippen molar-refractivity contribution >= 4 is 28.6 Å². The van der Waals surface area contributed by atoms with Crippen LogP contribution in [0.25, 0.3) is 11.1 Å². The van der Waals surface area contributed by atoms with Gasteiger partial charge in [0.2, 0.25) is 0 Å². The predicted octanol–water partition coefficient (Wildman–Crippen LogP) is 10.3. The highest BCUT2D eigenvalue weighted by Gasteiger charge is 2.51. The molecule has 5 heteroatoms. The molecule has 45 heavy (non-hydrogen) atoms. The summed E-state index contributed by atoms with van der Waals surface area (Å²) in [5, 5.41) is 0. The van der Waals surface area contributed by atoms with Gasteiger partial charge in [0, 0.05) is 79.4 Å². The smallest absolute Gasteiger partial charge is 0.190 e. The first-order valence-corrected chi connectivity index (χ1v) is 17.9. The largest absolute Gasteiger partial charge is 0.460 e. The fraction of sp³-hybridized carbons (Fsp3) is 0.525. The maximum atomic E-state index is 7.31. The van der Waals surface area contributed by atoms with Crippen molar-refractivity contribution in [2.45, 2.75) is 99.0 Å². The third-order valence-corrected chi connectivity index (χ3v) is 10.1. The maximum absolute atomic E-state index is 7.31. The number of fused-ring (bicyclic) bond motifs is 7. The van der Waals surface area contributed by atoms with E-state index in [4.69, 9.17) is 9.73 Å². The molecule has 0 saturated heterocycles. The van der Waals surface area contributed by atoms with Gasteiger partial charge in [0.15, 0.2) is 11.5 Å². The summed E-state index contributed by atoms with van der Waals surface area (Å²) < 4.78 is 7.31. The van der Waals surface area contributed by atoms with Crippen LogP contribution in [0.15, 0.2) is 59.6 Å². The number of unbranched alkanes of at least 4 members (excludes halogenated alkanes) is 5. The summed E-state index contributed by atoms with van der Waals surface area (Å²) in [4.78, 5) is 12.5. The van der Waals surface area contributed by atoms with Gasteiger partial charge in [0.05, 0.1) is 5.69 Å². The highest BCUT2D eigenvalue weighted by atomic mass is 16.5. The molecule has 1 heterocycles. The van der Waals surface area contributed by atoms with Gasteiger partial charge in [-0.05, 0) is 95.5 Å². The summed E-state index contributed by atoms with van der Waals surface area (Å²) in [5.41, 5.74) is 10.3. The van der Waals surface area contributed by atoms with Crippen molar-refractivity contribution in [1.29, 1.82) is 0 Å². The molecular formula is C40H56N4O. The SMILES string of the molecule is CCCCCCCCC1=Nc2cc(N(CC)CC)ccc2C2(O1)c1ccc(N(CC)CC)cc1-c1cc(N(CC)CC)ccc12. The van der Waals surface area contributed by atoms with Crippen molar-refractivity contribution in [1.82, 2.24) is 0 Å². The van der Waals surface area contributed by atoms with E-state index in [2.05, 4.69) is 118 Å². The fourth-order valence-electron chi connectivity index (χ4n) is 7.49. The van der Waals surface area contributed by atoms with Crippen molar-refractivity contribution < 1.29 is 4.74 Å². The second kappa shape index (κ2) is 14.7. The first-order valence-electron chi connectivity index (χ1n) is 17.9. The first-order chi connectivity index (χ1) is 22.0. The zero-order valence-corrected chi connectivity index (χ0v) is 29.1. The number of benzene rings is 3. The number of ether oxygens (including phenoxy) is 1. The van der Waals surface area contributed by atoms with E-state index in [9.17, 15) is 0 Å². The number of hydrogen-bond acceptors (Lipinski definition) is 5. The van der Waals surface area contributed by atoms with E-state index in [-0.39, 0.29) is 0 Å². The number of rotatable bonds is 16. The lowest BCUT2D eigenvalue weighted by Crippen LogP contribution is -2.36. The van der Waals surface area contributed by atoms with Gasteiger partial charge in [-0.15, -0.1) is 0 Å². The third kappa shape index (κ3) is 6.20. The average molecular weight is 609 g/mol. The third-order valence-electron chi connectivity index (χ3n) is 10.1. The minimum Gasteiger partial charge on any atom is -0.460 e. The molecular weight excluding hydrogens is 552 g/mol. The molecule has 0 atom stereocenters. The molecule has 2 aliphatic rings. The zero-order valence-electron chi connectivity index (χ0n) is 29.1.